The lowest BCUT2D eigenvalue weighted by molar-refractivity contribution is -0.116. The molecule has 3 rings (SSSR count). The molecule has 2 aromatic carbocycles. The van der Waals surface area contributed by atoms with Gasteiger partial charge in [0.1, 0.15) is 11.5 Å². The molecule has 0 aliphatic carbocycles. The maximum atomic E-state index is 12.0. The Morgan fingerprint density at radius 1 is 1.11 bits per heavy atom. The van der Waals surface area contributed by atoms with Crippen molar-refractivity contribution in [2.75, 3.05) is 20.8 Å². The third-order valence-electron chi connectivity index (χ3n) is 4.05. The SMILES string of the molecule is COc1ccc(/C=C/C(=O)NCCn2c(=O)oc3cc(OC)ccc32)cc1. The van der Waals surface area contributed by atoms with Crippen molar-refractivity contribution < 1.29 is 18.7 Å². The van der Waals surface area contributed by atoms with Gasteiger partial charge in [-0.25, -0.2) is 4.79 Å². The third-order valence-corrected chi connectivity index (χ3v) is 4.05. The fourth-order valence-electron chi connectivity index (χ4n) is 2.62. The molecule has 1 heterocycles. The summed E-state index contributed by atoms with van der Waals surface area (Å²) in [4.78, 5) is 23.9. The minimum Gasteiger partial charge on any atom is -0.497 e. The normalized spacial score (nSPS) is 11.0. The number of rotatable bonds is 7. The second-order valence-corrected chi connectivity index (χ2v) is 5.75. The Labute approximate surface area is 155 Å². The van der Waals surface area contributed by atoms with Crippen LogP contribution in [0.2, 0.25) is 0 Å². The van der Waals surface area contributed by atoms with Crippen LogP contribution in [0.25, 0.3) is 17.2 Å². The summed E-state index contributed by atoms with van der Waals surface area (Å²) in [5.41, 5.74) is 1.99. The molecule has 0 aliphatic heterocycles. The predicted molar refractivity (Wildman–Crippen MR) is 102 cm³/mol. The van der Waals surface area contributed by atoms with E-state index in [-0.39, 0.29) is 5.91 Å². The van der Waals surface area contributed by atoms with Gasteiger partial charge in [0.2, 0.25) is 5.91 Å². The molecule has 1 aromatic heterocycles. The zero-order valence-electron chi connectivity index (χ0n) is 15.1. The van der Waals surface area contributed by atoms with Crippen LogP contribution in [-0.4, -0.2) is 31.2 Å². The van der Waals surface area contributed by atoms with Crippen molar-refractivity contribution in [2.45, 2.75) is 6.54 Å². The zero-order chi connectivity index (χ0) is 19.2. The largest absolute Gasteiger partial charge is 0.497 e. The summed E-state index contributed by atoms with van der Waals surface area (Å²) in [5, 5.41) is 2.75. The molecule has 0 radical (unpaired) electrons. The lowest BCUT2D eigenvalue weighted by Crippen LogP contribution is -2.28. The summed E-state index contributed by atoms with van der Waals surface area (Å²) in [6.45, 7) is 0.604. The number of methoxy groups -OCH3 is 2. The smallest absolute Gasteiger partial charge is 0.420 e. The van der Waals surface area contributed by atoms with Crippen LogP contribution in [0.3, 0.4) is 0 Å². The Kier molecular flexibility index (Phi) is 5.61. The van der Waals surface area contributed by atoms with E-state index in [0.717, 1.165) is 11.3 Å². The van der Waals surface area contributed by atoms with Gasteiger partial charge in [0, 0.05) is 25.2 Å². The number of aromatic nitrogens is 1. The zero-order valence-corrected chi connectivity index (χ0v) is 15.1. The van der Waals surface area contributed by atoms with Crippen molar-refractivity contribution >= 4 is 23.1 Å². The predicted octanol–water partition coefficient (Wildman–Crippen LogP) is 2.44. The van der Waals surface area contributed by atoms with Gasteiger partial charge >= 0.3 is 5.76 Å². The summed E-state index contributed by atoms with van der Waals surface area (Å²) in [5.74, 6) is 0.655. The van der Waals surface area contributed by atoms with Crippen LogP contribution >= 0.6 is 0 Å². The number of amides is 1. The van der Waals surface area contributed by atoms with Crippen LogP contribution < -0.4 is 20.5 Å². The van der Waals surface area contributed by atoms with E-state index >= 15 is 0 Å². The molecular formula is C20H20N2O5. The van der Waals surface area contributed by atoms with E-state index in [1.165, 1.54) is 10.6 Å². The highest BCUT2D eigenvalue weighted by Crippen LogP contribution is 2.19. The number of oxazole rings is 1. The third kappa shape index (κ3) is 4.38. The topological polar surface area (TPSA) is 82.7 Å². The van der Waals surface area contributed by atoms with Gasteiger partial charge in [0.05, 0.1) is 19.7 Å². The van der Waals surface area contributed by atoms with Crippen LogP contribution in [0.5, 0.6) is 11.5 Å². The Hall–Kier alpha value is -3.48. The van der Waals surface area contributed by atoms with Crippen LogP contribution in [0.15, 0.2) is 57.8 Å². The quantitative estimate of drug-likeness (QED) is 0.648. The highest BCUT2D eigenvalue weighted by Gasteiger charge is 2.10. The molecular weight excluding hydrogens is 348 g/mol. The number of nitrogens with one attached hydrogen (secondary N) is 1. The van der Waals surface area contributed by atoms with Gasteiger partial charge in [-0.2, -0.15) is 0 Å². The van der Waals surface area contributed by atoms with Gasteiger partial charge in [-0.3, -0.25) is 9.36 Å². The fourth-order valence-corrected chi connectivity index (χ4v) is 2.62. The molecule has 0 atom stereocenters. The second kappa shape index (κ2) is 8.27. The second-order valence-electron chi connectivity index (χ2n) is 5.75. The molecule has 7 nitrogen and oxygen atoms in total. The van der Waals surface area contributed by atoms with Crippen molar-refractivity contribution in [1.82, 2.24) is 9.88 Å². The first-order valence-electron chi connectivity index (χ1n) is 8.38. The lowest BCUT2D eigenvalue weighted by atomic mass is 10.2. The maximum absolute atomic E-state index is 12.0. The van der Waals surface area contributed by atoms with Gasteiger partial charge < -0.3 is 19.2 Å². The van der Waals surface area contributed by atoms with Crippen molar-refractivity contribution in [3.05, 3.63) is 64.7 Å². The lowest BCUT2D eigenvalue weighted by Gasteiger charge is -2.04. The summed E-state index contributed by atoms with van der Waals surface area (Å²) < 4.78 is 16.9. The molecule has 0 saturated carbocycles. The minimum absolute atomic E-state index is 0.242. The number of nitrogens with zero attached hydrogens (tertiary/aromatic N) is 1. The summed E-state index contributed by atoms with van der Waals surface area (Å²) in [6, 6.07) is 12.5. The fraction of sp³-hybridized carbons (Fsp3) is 0.200. The summed E-state index contributed by atoms with van der Waals surface area (Å²) in [7, 11) is 3.15. The standard InChI is InChI=1S/C20H20N2O5/c1-25-15-6-3-14(4-7-15)5-10-19(23)21-11-12-22-17-9-8-16(26-2)13-18(17)27-20(22)24/h3-10,13H,11-12H2,1-2H3,(H,21,23)/b10-5+. The summed E-state index contributed by atoms with van der Waals surface area (Å²) in [6.07, 6.45) is 3.16. The first-order chi connectivity index (χ1) is 13.1. The number of carbonyl (C=O) groups excluding carboxylic acids is 1. The van der Waals surface area contributed by atoms with E-state index in [4.69, 9.17) is 13.9 Å². The average molecular weight is 368 g/mol. The van der Waals surface area contributed by atoms with Gasteiger partial charge in [0.25, 0.3) is 0 Å². The molecule has 140 valence electrons. The minimum atomic E-state index is -0.471. The molecule has 0 fully saturated rings. The highest BCUT2D eigenvalue weighted by atomic mass is 16.5. The molecule has 0 aliphatic rings. The molecule has 0 saturated heterocycles. The van der Waals surface area contributed by atoms with Crippen LogP contribution in [0.1, 0.15) is 5.56 Å². The van der Waals surface area contributed by atoms with Crippen LogP contribution in [0.4, 0.5) is 0 Å². The highest BCUT2D eigenvalue weighted by molar-refractivity contribution is 5.91. The Bertz CT molecular complexity index is 1020. The van der Waals surface area contributed by atoms with Crippen molar-refractivity contribution in [3.63, 3.8) is 0 Å². The van der Waals surface area contributed by atoms with Crippen molar-refractivity contribution in [1.29, 1.82) is 0 Å². The van der Waals surface area contributed by atoms with Gasteiger partial charge in [-0.1, -0.05) is 12.1 Å². The van der Waals surface area contributed by atoms with E-state index < -0.39 is 5.76 Å². The first-order valence-corrected chi connectivity index (χ1v) is 8.38. The van der Waals surface area contributed by atoms with Crippen LogP contribution in [0, 0.1) is 0 Å². The van der Waals surface area contributed by atoms with Crippen molar-refractivity contribution in [2.24, 2.45) is 0 Å². The molecule has 0 unspecified atom stereocenters. The number of hydrogen-bond donors (Lipinski definition) is 1. The Morgan fingerprint density at radius 2 is 1.81 bits per heavy atom. The molecule has 1 N–H and O–H groups in total. The molecule has 0 spiro atoms. The van der Waals surface area contributed by atoms with E-state index in [1.54, 1.807) is 38.5 Å². The number of benzene rings is 2. The van der Waals surface area contributed by atoms with E-state index in [0.29, 0.717) is 29.9 Å². The van der Waals surface area contributed by atoms with E-state index in [2.05, 4.69) is 5.32 Å². The number of hydrogen-bond acceptors (Lipinski definition) is 5. The monoisotopic (exact) mass is 368 g/mol. The summed E-state index contributed by atoms with van der Waals surface area (Å²) >= 11 is 0. The van der Waals surface area contributed by atoms with Crippen molar-refractivity contribution in [3.8, 4) is 11.5 Å². The average Bonchev–Trinajstić information content (AvgIpc) is 3.01. The molecule has 1 amide bonds. The number of carbonyl (C=O) groups is 1. The van der Waals surface area contributed by atoms with Crippen LogP contribution in [-0.2, 0) is 11.3 Å². The molecule has 7 heteroatoms. The number of ether oxygens (including phenoxy) is 2. The van der Waals surface area contributed by atoms with E-state index in [9.17, 15) is 9.59 Å². The Morgan fingerprint density at radius 3 is 2.52 bits per heavy atom. The number of fused-ring (bicyclic) bond motifs is 1. The maximum Gasteiger partial charge on any atom is 0.420 e. The van der Waals surface area contributed by atoms with Gasteiger partial charge in [-0.05, 0) is 35.9 Å². The first kappa shape index (κ1) is 18.3. The molecule has 3 aromatic rings. The Balaban J connectivity index is 1.58. The molecule has 27 heavy (non-hydrogen) atoms. The molecule has 0 bridgehead atoms. The van der Waals surface area contributed by atoms with Gasteiger partial charge in [0.15, 0.2) is 5.58 Å². The van der Waals surface area contributed by atoms with E-state index in [1.807, 2.05) is 24.3 Å². The van der Waals surface area contributed by atoms with Gasteiger partial charge in [-0.15, -0.1) is 0 Å².